The standard InChI is InChI=1S/C16H8ClN5O4S/c17-14-6-12(2-1-10(14)7-18)25-15-4-3-13(5-11(15)8-19)27(23,24)22-16-20-9-21-26-16/h1-6,9H,(H,20,21,22). The second kappa shape index (κ2) is 7.33. The molecular formula is C16H8ClN5O4S. The number of hydrogen-bond donors (Lipinski definition) is 1. The zero-order valence-corrected chi connectivity index (χ0v) is 14.8. The summed E-state index contributed by atoms with van der Waals surface area (Å²) < 4.78 is 36.9. The summed E-state index contributed by atoms with van der Waals surface area (Å²) in [7, 11) is -4.03. The fourth-order valence-electron chi connectivity index (χ4n) is 2.02. The highest BCUT2D eigenvalue weighted by atomic mass is 35.5. The van der Waals surface area contributed by atoms with Crippen molar-refractivity contribution in [2.24, 2.45) is 0 Å². The van der Waals surface area contributed by atoms with Crippen LogP contribution in [0.2, 0.25) is 5.02 Å². The molecule has 3 rings (SSSR count). The van der Waals surface area contributed by atoms with Crippen LogP contribution in [-0.2, 0) is 10.0 Å². The number of nitrogens with zero attached hydrogens (tertiary/aromatic N) is 4. The van der Waals surface area contributed by atoms with Gasteiger partial charge in [0, 0.05) is 6.07 Å². The average Bonchev–Trinajstić information content (AvgIpc) is 3.14. The molecule has 0 bridgehead atoms. The number of rotatable bonds is 5. The van der Waals surface area contributed by atoms with E-state index in [-0.39, 0.29) is 38.6 Å². The number of nitriles is 2. The molecule has 0 unspecified atom stereocenters. The summed E-state index contributed by atoms with van der Waals surface area (Å²) in [6, 6.07) is 11.6. The van der Waals surface area contributed by atoms with Crippen LogP contribution in [0.5, 0.6) is 11.5 Å². The van der Waals surface area contributed by atoms with E-state index < -0.39 is 10.0 Å². The quantitative estimate of drug-likeness (QED) is 0.687. The van der Waals surface area contributed by atoms with Gasteiger partial charge in [0.15, 0.2) is 6.33 Å². The monoisotopic (exact) mass is 401 g/mol. The third kappa shape index (κ3) is 3.98. The molecule has 0 saturated heterocycles. The smallest absolute Gasteiger partial charge is 0.335 e. The number of ether oxygens (including phenoxy) is 1. The van der Waals surface area contributed by atoms with Gasteiger partial charge in [0.05, 0.1) is 21.0 Å². The van der Waals surface area contributed by atoms with Crippen LogP contribution < -0.4 is 9.46 Å². The van der Waals surface area contributed by atoms with E-state index in [9.17, 15) is 13.7 Å². The molecule has 0 radical (unpaired) electrons. The highest BCUT2D eigenvalue weighted by Crippen LogP contribution is 2.30. The Morgan fingerprint density at radius 2 is 1.89 bits per heavy atom. The first-order chi connectivity index (χ1) is 12.9. The van der Waals surface area contributed by atoms with Gasteiger partial charge in [-0.1, -0.05) is 16.8 Å². The Bertz CT molecular complexity index is 1180. The maximum absolute atomic E-state index is 12.3. The molecule has 0 aliphatic heterocycles. The molecule has 27 heavy (non-hydrogen) atoms. The van der Waals surface area contributed by atoms with Gasteiger partial charge in [0.25, 0.3) is 10.0 Å². The topological polar surface area (TPSA) is 142 Å². The maximum atomic E-state index is 12.3. The molecule has 0 aliphatic rings. The number of nitrogens with one attached hydrogen (secondary N) is 1. The van der Waals surface area contributed by atoms with E-state index >= 15 is 0 Å². The molecule has 0 spiro atoms. The van der Waals surface area contributed by atoms with Gasteiger partial charge in [-0.25, -0.2) is 13.1 Å². The van der Waals surface area contributed by atoms with Gasteiger partial charge in [-0.2, -0.15) is 15.5 Å². The molecular weight excluding hydrogens is 394 g/mol. The van der Waals surface area contributed by atoms with Crippen molar-refractivity contribution in [2.45, 2.75) is 4.90 Å². The van der Waals surface area contributed by atoms with Crippen molar-refractivity contribution in [2.75, 3.05) is 4.72 Å². The van der Waals surface area contributed by atoms with E-state index in [1.54, 1.807) is 0 Å². The molecule has 11 heteroatoms. The summed E-state index contributed by atoms with van der Waals surface area (Å²) in [5, 5.41) is 21.7. The third-order valence-electron chi connectivity index (χ3n) is 3.25. The molecule has 1 aromatic heterocycles. The Balaban J connectivity index is 1.90. The minimum Gasteiger partial charge on any atom is -0.456 e. The molecule has 9 nitrogen and oxygen atoms in total. The van der Waals surface area contributed by atoms with Gasteiger partial charge in [-0.3, -0.25) is 0 Å². The summed E-state index contributed by atoms with van der Waals surface area (Å²) in [4.78, 5) is 3.38. The van der Waals surface area contributed by atoms with Crippen molar-refractivity contribution < 1.29 is 17.7 Å². The Kier molecular flexibility index (Phi) is 4.94. The fourth-order valence-corrected chi connectivity index (χ4v) is 3.19. The Morgan fingerprint density at radius 3 is 2.52 bits per heavy atom. The molecule has 0 amide bonds. The van der Waals surface area contributed by atoms with E-state index in [2.05, 4.69) is 19.4 Å². The lowest BCUT2D eigenvalue weighted by Gasteiger charge is -2.10. The predicted molar refractivity (Wildman–Crippen MR) is 92.5 cm³/mol. The number of halogens is 1. The normalized spacial score (nSPS) is 10.6. The molecule has 1 heterocycles. The summed E-state index contributed by atoms with van der Waals surface area (Å²) in [6.07, 6.45) is 1.04. The lowest BCUT2D eigenvalue weighted by Crippen LogP contribution is -2.13. The van der Waals surface area contributed by atoms with Crippen LogP contribution in [0, 0.1) is 22.7 Å². The van der Waals surface area contributed by atoms with Gasteiger partial charge in [-0.05, 0) is 30.3 Å². The zero-order chi connectivity index (χ0) is 19.4. The highest BCUT2D eigenvalue weighted by Gasteiger charge is 2.19. The van der Waals surface area contributed by atoms with E-state index in [0.29, 0.717) is 0 Å². The molecule has 0 atom stereocenters. The summed E-state index contributed by atoms with van der Waals surface area (Å²) in [6.45, 7) is 0. The van der Waals surface area contributed by atoms with Gasteiger partial charge in [-0.15, -0.1) is 0 Å². The van der Waals surface area contributed by atoms with Crippen LogP contribution in [0.4, 0.5) is 6.01 Å². The van der Waals surface area contributed by atoms with Crippen molar-refractivity contribution in [1.29, 1.82) is 10.5 Å². The second-order valence-electron chi connectivity index (χ2n) is 4.98. The Hall–Kier alpha value is -3.60. The number of hydrogen-bond acceptors (Lipinski definition) is 8. The van der Waals surface area contributed by atoms with Crippen molar-refractivity contribution in [3.05, 3.63) is 58.9 Å². The Morgan fingerprint density at radius 1 is 1.11 bits per heavy atom. The second-order valence-corrected chi connectivity index (χ2v) is 7.07. The first kappa shape index (κ1) is 18.2. The lowest BCUT2D eigenvalue weighted by atomic mass is 10.2. The van der Waals surface area contributed by atoms with Crippen molar-refractivity contribution >= 4 is 27.6 Å². The van der Waals surface area contributed by atoms with Crippen LogP contribution in [0.3, 0.4) is 0 Å². The summed E-state index contributed by atoms with van der Waals surface area (Å²) in [5.41, 5.74) is 0.252. The van der Waals surface area contributed by atoms with Crippen LogP contribution in [-0.4, -0.2) is 18.6 Å². The van der Waals surface area contributed by atoms with E-state index in [1.165, 1.54) is 30.3 Å². The number of sulfonamides is 1. The van der Waals surface area contributed by atoms with Crippen LogP contribution in [0.25, 0.3) is 0 Å². The lowest BCUT2D eigenvalue weighted by molar-refractivity contribution is 0.433. The molecule has 0 aliphatic carbocycles. The van der Waals surface area contributed by atoms with Crippen LogP contribution in [0.1, 0.15) is 11.1 Å². The van der Waals surface area contributed by atoms with Crippen LogP contribution in [0.15, 0.2) is 52.1 Å². The number of aromatic nitrogens is 2. The zero-order valence-electron chi connectivity index (χ0n) is 13.2. The van der Waals surface area contributed by atoms with Gasteiger partial charge in [0.1, 0.15) is 23.6 Å². The molecule has 0 fully saturated rings. The molecule has 2 aromatic carbocycles. The molecule has 0 saturated carbocycles. The summed E-state index contributed by atoms with van der Waals surface area (Å²) in [5.74, 6) is 0.408. The van der Waals surface area contributed by atoms with Gasteiger partial charge >= 0.3 is 6.01 Å². The first-order valence-electron chi connectivity index (χ1n) is 7.14. The van der Waals surface area contributed by atoms with Crippen molar-refractivity contribution in [1.82, 2.24) is 10.1 Å². The predicted octanol–water partition coefficient (Wildman–Crippen LogP) is 3.06. The maximum Gasteiger partial charge on any atom is 0.335 e. The van der Waals surface area contributed by atoms with Crippen molar-refractivity contribution in [3.8, 4) is 23.6 Å². The average molecular weight is 402 g/mol. The highest BCUT2D eigenvalue weighted by molar-refractivity contribution is 7.92. The van der Waals surface area contributed by atoms with Crippen LogP contribution >= 0.6 is 11.6 Å². The van der Waals surface area contributed by atoms with E-state index in [1.807, 2.05) is 12.1 Å². The fraction of sp³-hybridized carbons (Fsp3) is 0. The molecule has 3 aromatic rings. The number of anilines is 1. The van der Waals surface area contributed by atoms with E-state index in [0.717, 1.165) is 12.4 Å². The third-order valence-corrected chi connectivity index (χ3v) is 4.88. The van der Waals surface area contributed by atoms with E-state index in [4.69, 9.17) is 21.6 Å². The minimum atomic E-state index is -4.03. The largest absolute Gasteiger partial charge is 0.456 e. The minimum absolute atomic E-state index is 0.0242. The van der Waals surface area contributed by atoms with Gasteiger partial charge in [0.2, 0.25) is 0 Å². The Labute approximate surface area is 158 Å². The SMILES string of the molecule is N#Cc1ccc(Oc2ccc(S(=O)(=O)Nc3ncno3)cc2C#N)cc1Cl. The number of benzene rings is 2. The molecule has 134 valence electrons. The molecule has 1 N–H and O–H groups in total. The first-order valence-corrected chi connectivity index (χ1v) is 9.00. The van der Waals surface area contributed by atoms with Crippen molar-refractivity contribution in [3.63, 3.8) is 0 Å². The van der Waals surface area contributed by atoms with Gasteiger partial charge < -0.3 is 9.26 Å². The summed E-state index contributed by atoms with van der Waals surface area (Å²) >= 11 is 5.95.